The lowest BCUT2D eigenvalue weighted by molar-refractivity contribution is 0.531. The first-order valence-electron chi connectivity index (χ1n) is 15.0. The largest absolute Gasteiger partial charge is 0.111 e. The van der Waals surface area contributed by atoms with Gasteiger partial charge in [-0.25, -0.2) is 0 Å². The first kappa shape index (κ1) is 29.1. The van der Waals surface area contributed by atoms with Crippen LogP contribution < -0.4 is 5.19 Å². The molecule has 0 nitrogen and oxygen atoms in total. The van der Waals surface area contributed by atoms with Gasteiger partial charge in [-0.15, -0.1) is 0 Å². The first-order chi connectivity index (χ1) is 16.6. The Morgan fingerprint density at radius 2 is 1.15 bits per heavy atom. The van der Waals surface area contributed by atoms with Crippen molar-refractivity contribution < 1.29 is 0 Å². The quantitative estimate of drug-likeness (QED) is 0.128. The van der Waals surface area contributed by atoms with Crippen LogP contribution >= 0.6 is 0 Å². The Labute approximate surface area is 214 Å². The molecule has 0 spiro atoms. The van der Waals surface area contributed by atoms with Crippen molar-refractivity contribution in [2.24, 2.45) is 5.92 Å². The number of hydrogen-bond donors (Lipinski definition) is 0. The Morgan fingerprint density at radius 3 is 1.62 bits per heavy atom. The van der Waals surface area contributed by atoms with Crippen LogP contribution in [0.5, 0.6) is 0 Å². The van der Waals surface area contributed by atoms with E-state index in [0.717, 1.165) is 0 Å². The fourth-order valence-corrected chi connectivity index (χ4v) is 10.3. The summed E-state index contributed by atoms with van der Waals surface area (Å²) in [5.74, 6) is 0.648. The molecular weight excluding hydrogens is 424 g/mol. The molecule has 0 N–H and O–H groups in total. The number of benzene rings is 1. The van der Waals surface area contributed by atoms with Crippen LogP contribution in [0.4, 0.5) is 0 Å². The summed E-state index contributed by atoms with van der Waals surface area (Å²) in [6.45, 7) is 9.70. The van der Waals surface area contributed by atoms with Gasteiger partial charge in [0.05, 0.1) is 0 Å². The number of rotatable bonds is 20. The lowest BCUT2D eigenvalue weighted by atomic mass is 10.0. The lowest BCUT2D eigenvalue weighted by Crippen LogP contribution is -2.47. The molecule has 0 saturated carbocycles. The van der Waals surface area contributed by atoms with Gasteiger partial charge >= 0.3 is 0 Å². The van der Waals surface area contributed by atoms with Crippen molar-refractivity contribution in [3.63, 3.8) is 0 Å². The molecule has 0 aromatic heterocycles. The molecule has 1 atom stereocenters. The molecule has 192 valence electrons. The molecule has 0 bridgehead atoms. The Morgan fingerprint density at radius 1 is 0.676 bits per heavy atom. The summed E-state index contributed by atoms with van der Waals surface area (Å²) >= 11 is 0. The third-order valence-corrected chi connectivity index (χ3v) is 13.0. The number of hydrogen-bond acceptors (Lipinski definition) is 0. The van der Waals surface area contributed by atoms with Gasteiger partial charge in [-0.3, -0.25) is 0 Å². The van der Waals surface area contributed by atoms with Crippen molar-refractivity contribution in [1.29, 1.82) is 0 Å². The predicted molar refractivity (Wildman–Crippen MR) is 158 cm³/mol. The van der Waals surface area contributed by atoms with Crippen molar-refractivity contribution in [2.75, 3.05) is 0 Å². The van der Waals surface area contributed by atoms with Crippen LogP contribution in [0.3, 0.4) is 0 Å². The Kier molecular flexibility index (Phi) is 14.9. The van der Waals surface area contributed by atoms with Gasteiger partial charge in [0, 0.05) is 0 Å². The molecule has 0 saturated heterocycles. The fraction of sp³-hybridized carbons (Fsp3) is 0.697. The van der Waals surface area contributed by atoms with Crippen molar-refractivity contribution in [1.82, 2.24) is 0 Å². The normalized spacial score (nSPS) is 15.4. The monoisotopic (exact) mass is 480 g/mol. The smallest absolute Gasteiger partial charge is 0.0806 e. The Bertz CT molecular complexity index is 699. The van der Waals surface area contributed by atoms with Gasteiger partial charge in [0.1, 0.15) is 8.07 Å². The molecule has 1 aliphatic carbocycles. The first-order valence-corrected chi connectivity index (χ1v) is 17.8. The minimum Gasteiger partial charge on any atom is -0.0806 e. The van der Waals surface area contributed by atoms with Crippen LogP contribution in [0.25, 0.3) is 0 Å². The van der Waals surface area contributed by atoms with E-state index in [0.29, 0.717) is 5.92 Å². The van der Waals surface area contributed by atoms with E-state index in [2.05, 4.69) is 69.8 Å². The summed E-state index contributed by atoms with van der Waals surface area (Å²) in [6, 6.07) is 12.9. The molecular formula is C33H56Si. The molecule has 0 aliphatic heterocycles. The third-order valence-electron chi connectivity index (χ3n) is 8.20. The van der Waals surface area contributed by atoms with Crippen LogP contribution in [0.1, 0.15) is 130 Å². The number of unbranched alkanes of at least 4 members (excludes halogenated alkanes) is 15. The maximum atomic E-state index is 2.65. The van der Waals surface area contributed by atoms with Gasteiger partial charge in [-0.1, -0.05) is 183 Å². The van der Waals surface area contributed by atoms with E-state index in [1.165, 1.54) is 115 Å². The SMILES string of the molecule is CCCCCCCCCCCCCCCCCC[Si](C)(C1=C(C(C)C)C=CC1)c1ccccc1. The summed E-state index contributed by atoms with van der Waals surface area (Å²) in [4.78, 5) is 0. The zero-order valence-corrected chi connectivity index (χ0v) is 24.3. The van der Waals surface area contributed by atoms with Gasteiger partial charge < -0.3 is 0 Å². The summed E-state index contributed by atoms with van der Waals surface area (Å²) in [6.07, 6.45) is 29.2. The van der Waals surface area contributed by atoms with E-state index in [9.17, 15) is 0 Å². The van der Waals surface area contributed by atoms with Crippen LogP contribution in [-0.4, -0.2) is 8.07 Å². The summed E-state index contributed by atoms with van der Waals surface area (Å²) in [5.41, 5.74) is 1.65. The zero-order chi connectivity index (χ0) is 24.5. The lowest BCUT2D eigenvalue weighted by Gasteiger charge is -2.32. The van der Waals surface area contributed by atoms with Crippen LogP contribution in [0.15, 0.2) is 53.3 Å². The second-order valence-electron chi connectivity index (χ2n) is 11.4. The molecule has 0 radical (unpaired) electrons. The molecule has 0 fully saturated rings. The molecule has 1 aromatic carbocycles. The van der Waals surface area contributed by atoms with E-state index in [-0.39, 0.29) is 0 Å². The average molecular weight is 481 g/mol. The molecule has 0 amide bonds. The van der Waals surface area contributed by atoms with Gasteiger partial charge in [-0.05, 0) is 24.0 Å². The Hall–Kier alpha value is -1.08. The topological polar surface area (TPSA) is 0 Å². The highest BCUT2D eigenvalue weighted by Crippen LogP contribution is 2.35. The molecule has 34 heavy (non-hydrogen) atoms. The standard InChI is InChI=1S/C33H56Si/c1-5-6-7-8-9-10-11-12-13-14-15-16-17-18-19-23-29-34(4,31-25-21-20-22-26-31)33-28-24-27-32(33)30(2)3/h20-22,24-27,30H,5-19,23,28-29H2,1-4H3. The molecule has 0 heterocycles. The van der Waals surface area contributed by atoms with Crippen molar-refractivity contribution in [3.8, 4) is 0 Å². The third kappa shape index (κ3) is 10.3. The van der Waals surface area contributed by atoms with Gasteiger partial charge in [0.2, 0.25) is 0 Å². The van der Waals surface area contributed by atoms with Crippen LogP contribution in [0.2, 0.25) is 12.6 Å². The molecule has 1 unspecified atom stereocenters. The highest BCUT2D eigenvalue weighted by atomic mass is 28.3. The summed E-state index contributed by atoms with van der Waals surface area (Å²) in [7, 11) is -1.61. The predicted octanol–water partition coefficient (Wildman–Crippen LogP) is 10.7. The molecule has 1 aliphatic rings. The van der Waals surface area contributed by atoms with Gasteiger partial charge in [-0.2, -0.15) is 0 Å². The maximum Gasteiger partial charge on any atom is 0.111 e. The highest BCUT2D eigenvalue weighted by molar-refractivity contribution is 6.96. The maximum absolute atomic E-state index is 2.65. The van der Waals surface area contributed by atoms with E-state index < -0.39 is 8.07 Å². The fourth-order valence-electron chi connectivity index (χ4n) is 5.91. The number of allylic oxidation sites excluding steroid dienone is 4. The molecule has 2 rings (SSSR count). The summed E-state index contributed by atoms with van der Waals surface area (Å²) in [5, 5.41) is 3.46. The molecule has 1 heteroatoms. The Balaban J connectivity index is 1.60. The van der Waals surface area contributed by atoms with Crippen LogP contribution in [-0.2, 0) is 0 Å². The minimum absolute atomic E-state index is 0.648. The zero-order valence-electron chi connectivity index (χ0n) is 23.3. The van der Waals surface area contributed by atoms with Crippen molar-refractivity contribution >= 4 is 13.3 Å². The van der Waals surface area contributed by atoms with Crippen molar-refractivity contribution in [3.05, 3.63) is 53.3 Å². The minimum atomic E-state index is -1.61. The van der Waals surface area contributed by atoms with Crippen LogP contribution in [0, 0.1) is 5.92 Å². The average Bonchev–Trinajstić information content (AvgIpc) is 3.35. The van der Waals surface area contributed by atoms with E-state index >= 15 is 0 Å². The molecule has 1 aromatic rings. The van der Waals surface area contributed by atoms with E-state index in [1.54, 1.807) is 10.8 Å². The van der Waals surface area contributed by atoms with E-state index in [1.807, 2.05) is 5.20 Å². The second-order valence-corrected chi connectivity index (χ2v) is 15.8. The van der Waals surface area contributed by atoms with Gasteiger partial charge in [0.25, 0.3) is 0 Å². The van der Waals surface area contributed by atoms with E-state index in [4.69, 9.17) is 0 Å². The summed E-state index contributed by atoms with van der Waals surface area (Å²) < 4.78 is 0. The van der Waals surface area contributed by atoms with Gasteiger partial charge in [0.15, 0.2) is 0 Å². The second kappa shape index (κ2) is 17.4. The highest BCUT2D eigenvalue weighted by Gasteiger charge is 2.35. The van der Waals surface area contributed by atoms with Crippen molar-refractivity contribution in [2.45, 2.75) is 143 Å².